The molecule has 90 valence electrons. The molecule has 0 amide bonds. The number of methoxy groups -OCH3 is 1. The van der Waals surface area contributed by atoms with Crippen LogP contribution in [0, 0.1) is 0 Å². The van der Waals surface area contributed by atoms with Crippen LogP contribution in [0.15, 0.2) is 29.2 Å². The first kappa shape index (κ1) is 12.9. The van der Waals surface area contributed by atoms with E-state index < -0.39 is 10.0 Å². The van der Waals surface area contributed by atoms with Crippen LogP contribution in [0.4, 0.5) is 5.69 Å². The molecule has 0 saturated carbocycles. The Labute approximate surface area is 94.8 Å². The number of benzene rings is 1. The van der Waals surface area contributed by atoms with Crippen LogP contribution in [-0.2, 0) is 14.8 Å². The summed E-state index contributed by atoms with van der Waals surface area (Å²) in [4.78, 5) is 0.197. The summed E-state index contributed by atoms with van der Waals surface area (Å²) in [6.07, 6.45) is 0. The SMILES string of the molecule is COCCNS(=O)(=O)c1ccc(NN)cc1. The Hall–Kier alpha value is -1.15. The molecule has 0 atom stereocenters. The molecule has 0 aliphatic heterocycles. The minimum atomic E-state index is -3.46. The molecule has 0 fully saturated rings. The fraction of sp³-hybridized carbons (Fsp3) is 0.333. The van der Waals surface area contributed by atoms with Crippen LogP contribution in [0.25, 0.3) is 0 Å². The quantitative estimate of drug-likeness (QED) is 0.369. The molecule has 7 heteroatoms. The maximum atomic E-state index is 11.7. The van der Waals surface area contributed by atoms with Gasteiger partial charge in [0.2, 0.25) is 10.0 Å². The number of ether oxygens (including phenoxy) is 1. The highest BCUT2D eigenvalue weighted by Gasteiger charge is 2.12. The van der Waals surface area contributed by atoms with Crippen molar-refractivity contribution in [2.45, 2.75) is 4.90 Å². The number of nitrogens with one attached hydrogen (secondary N) is 2. The van der Waals surface area contributed by atoms with Crippen LogP contribution in [0.3, 0.4) is 0 Å². The summed E-state index contributed by atoms with van der Waals surface area (Å²) in [6, 6.07) is 6.13. The molecule has 0 bridgehead atoms. The number of rotatable bonds is 6. The average molecular weight is 245 g/mol. The standard InChI is InChI=1S/C9H15N3O3S/c1-15-7-6-11-16(13,14)9-4-2-8(12-10)3-5-9/h2-5,11-12H,6-7,10H2,1H3. The van der Waals surface area contributed by atoms with Gasteiger partial charge in [0.05, 0.1) is 11.5 Å². The molecule has 0 saturated heterocycles. The summed E-state index contributed by atoms with van der Waals surface area (Å²) in [5.74, 6) is 5.18. The van der Waals surface area contributed by atoms with Crippen molar-refractivity contribution >= 4 is 15.7 Å². The highest BCUT2D eigenvalue weighted by molar-refractivity contribution is 7.89. The van der Waals surface area contributed by atoms with Crippen LogP contribution in [0.2, 0.25) is 0 Å². The zero-order valence-corrected chi connectivity index (χ0v) is 9.75. The van der Waals surface area contributed by atoms with Gasteiger partial charge in [-0.3, -0.25) is 5.84 Å². The van der Waals surface area contributed by atoms with Gasteiger partial charge < -0.3 is 10.2 Å². The third-order valence-corrected chi connectivity index (χ3v) is 3.41. The molecule has 4 N–H and O–H groups in total. The van der Waals surface area contributed by atoms with E-state index >= 15 is 0 Å². The van der Waals surface area contributed by atoms with E-state index in [1.807, 2.05) is 0 Å². The normalized spacial score (nSPS) is 11.4. The van der Waals surface area contributed by atoms with Crippen molar-refractivity contribution in [3.63, 3.8) is 0 Å². The highest BCUT2D eigenvalue weighted by Crippen LogP contribution is 2.12. The molecule has 1 rings (SSSR count). The molecule has 1 aromatic carbocycles. The second-order valence-corrected chi connectivity index (χ2v) is 4.83. The zero-order chi connectivity index (χ0) is 12.0. The number of nitrogens with two attached hydrogens (primary N) is 1. The summed E-state index contributed by atoms with van der Waals surface area (Å²) >= 11 is 0. The third kappa shape index (κ3) is 3.46. The number of hydrazine groups is 1. The van der Waals surface area contributed by atoms with Gasteiger partial charge in [0.25, 0.3) is 0 Å². The van der Waals surface area contributed by atoms with Gasteiger partial charge in [0.1, 0.15) is 0 Å². The van der Waals surface area contributed by atoms with Crippen molar-refractivity contribution in [3.8, 4) is 0 Å². The smallest absolute Gasteiger partial charge is 0.240 e. The van der Waals surface area contributed by atoms with Crippen LogP contribution < -0.4 is 16.0 Å². The van der Waals surface area contributed by atoms with Crippen LogP contribution in [0.1, 0.15) is 0 Å². The van der Waals surface area contributed by atoms with E-state index in [1.165, 1.54) is 19.2 Å². The molecule has 16 heavy (non-hydrogen) atoms. The summed E-state index contributed by atoms with van der Waals surface area (Å²) in [5, 5.41) is 0. The molecule has 1 aromatic rings. The lowest BCUT2D eigenvalue weighted by molar-refractivity contribution is 0.204. The molecule has 0 aliphatic rings. The first-order valence-electron chi connectivity index (χ1n) is 4.65. The lowest BCUT2D eigenvalue weighted by atomic mass is 10.3. The van der Waals surface area contributed by atoms with Crippen molar-refractivity contribution < 1.29 is 13.2 Å². The Morgan fingerprint density at radius 1 is 1.31 bits per heavy atom. The van der Waals surface area contributed by atoms with Gasteiger partial charge in [0.15, 0.2) is 0 Å². The molecule has 0 radical (unpaired) electrons. The first-order chi connectivity index (χ1) is 7.60. The van der Waals surface area contributed by atoms with Gasteiger partial charge in [-0.25, -0.2) is 13.1 Å². The van der Waals surface area contributed by atoms with E-state index in [0.717, 1.165) is 0 Å². The van der Waals surface area contributed by atoms with Crippen molar-refractivity contribution in [3.05, 3.63) is 24.3 Å². The average Bonchev–Trinajstić information content (AvgIpc) is 2.29. The second-order valence-electron chi connectivity index (χ2n) is 3.06. The molecule has 0 heterocycles. The lowest BCUT2D eigenvalue weighted by Crippen LogP contribution is -2.27. The van der Waals surface area contributed by atoms with Crippen molar-refractivity contribution in [1.29, 1.82) is 0 Å². The largest absolute Gasteiger partial charge is 0.383 e. The van der Waals surface area contributed by atoms with Crippen LogP contribution in [0.5, 0.6) is 0 Å². The molecular weight excluding hydrogens is 230 g/mol. The molecule has 0 unspecified atom stereocenters. The number of nitrogen functional groups attached to an aromatic ring is 1. The molecule has 6 nitrogen and oxygen atoms in total. The van der Waals surface area contributed by atoms with E-state index in [9.17, 15) is 8.42 Å². The monoisotopic (exact) mass is 245 g/mol. The molecular formula is C9H15N3O3S. The number of hydrogen-bond donors (Lipinski definition) is 3. The van der Waals surface area contributed by atoms with Gasteiger partial charge >= 0.3 is 0 Å². The minimum Gasteiger partial charge on any atom is -0.383 e. The van der Waals surface area contributed by atoms with E-state index in [0.29, 0.717) is 12.3 Å². The second kappa shape index (κ2) is 5.80. The highest BCUT2D eigenvalue weighted by atomic mass is 32.2. The fourth-order valence-corrected chi connectivity index (χ4v) is 2.10. The summed E-state index contributed by atoms with van der Waals surface area (Å²) in [7, 11) is -1.95. The van der Waals surface area contributed by atoms with Gasteiger partial charge in [-0.15, -0.1) is 0 Å². The maximum Gasteiger partial charge on any atom is 0.240 e. The Morgan fingerprint density at radius 3 is 2.44 bits per heavy atom. The van der Waals surface area contributed by atoms with E-state index in [1.54, 1.807) is 12.1 Å². The van der Waals surface area contributed by atoms with Crippen molar-refractivity contribution in [2.75, 3.05) is 25.7 Å². The minimum absolute atomic E-state index is 0.197. The topological polar surface area (TPSA) is 93.4 Å². The molecule has 0 aliphatic carbocycles. The lowest BCUT2D eigenvalue weighted by Gasteiger charge is -2.06. The van der Waals surface area contributed by atoms with Crippen LogP contribution >= 0.6 is 0 Å². The maximum absolute atomic E-state index is 11.7. The molecule has 0 spiro atoms. The summed E-state index contributed by atoms with van der Waals surface area (Å²) in [6.45, 7) is 0.581. The van der Waals surface area contributed by atoms with E-state index in [4.69, 9.17) is 10.6 Å². The Kier molecular flexibility index (Phi) is 4.69. The fourth-order valence-electron chi connectivity index (χ4n) is 1.09. The van der Waals surface area contributed by atoms with Crippen molar-refractivity contribution in [1.82, 2.24) is 4.72 Å². The number of sulfonamides is 1. The van der Waals surface area contributed by atoms with Crippen molar-refractivity contribution in [2.24, 2.45) is 5.84 Å². The molecule has 0 aromatic heterocycles. The van der Waals surface area contributed by atoms with Gasteiger partial charge in [-0.2, -0.15) is 0 Å². The zero-order valence-electron chi connectivity index (χ0n) is 8.93. The Balaban J connectivity index is 2.74. The van der Waals surface area contributed by atoms with Crippen LogP contribution in [-0.4, -0.2) is 28.7 Å². The summed E-state index contributed by atoms with van der Waals surface area (Å²) < 4.78 is 30.5. The first-order valence-corrected chi connectivity index (χ1v) is 6.14. The number of anilines is 1. The van der Waals surface area contributed by atoms with E-state index in [2.05, 4.69) is 10.1 Å². The Morgan fingerprint density at radius 2 is 1.94 bits per heavy atom. The Bertz CT molecular complexity index is 416. The summed E-state index contributed by atoms with van der Waals surface area (Å²) in [5.41, 5.74) is 3.07. The predicted molar refractivity (Wildman–Crippen MR) is 61.3 cm³/mol. The van der Waals surface area contributed by atoms with Gasteiger partial charge in [0, 0.05) is 19.3 Å². The number of hydrogen-bond acceptors (Lipinski definition) is 5. The van der Waals surface area contributed by atoms with Gasteiger partial charge in [-0.05, 0) is 24.3 Å². The van der Waals surface area contributed by atoms with Gasteiger partial charge in [-0.1, -0.05) is 0 Å². The van der Waals surface area contributed by atoms with E-state index in [-0.39, 0.29) is 11.4 Å². The third-order valence-electron chi connectivity index (χ3n) is 1.93. The predicted octanol–water partition coefficient (Wildman–Crippen LogP) is -0.103.